The maximum Gasteiger partial charge on any atom is 0.247 e. The zero-order valence-electron chi connectivity index (χ0n) is 15.1. The lowest BCUT2D eigenvalue weighted by atomic mass is 10.1. The first-order valence-corrected chi connectivity index (χ1v) is 11.0. The van der Waals surface area contributed by atoms with Crippen LogP contribution in [0.5, 0.6) is 5.75 Å². The number of sulfonamides is 1. The second-order valence-corrected chi connectivity index (χ2v) is 9.36. The summed E-state index contributed by atoms with van der Waals surface area (Å²) in [5.41, 5.74) is 0. The molecule has 142 valence electrons. The molecule has 0 aromatic heterocycles. The zero-order chi connectivity index (χ0) is 18.3. The van der Waals surface area contributed by atoms with Gasteiger partial charge in [0.15, 0.2) is 0 Å². The van der Waals surface area contributed by atoms with E-state index in [1.54, 1.807) is 22.5 Å². The van der Waals surface area contributed by atoms with Gasteiger partial charge in [0.1, 0.15) is 16.7 Å². The molecule has 0 N–H and O–H groups in total. The summed E-state index contributed by atoms with van der Waals surface area (Å²) < 4.78 is 34.7. The average Bonchev–Trinajstić information content (AvgIpc) is 3.46. The molecule has 2 fully saturated rings. The summed E-state index contributed by atoms with van der Waals surface area (Å²) in [6.07, 6.45) is 3.71. The summed E-state index contributed by atoms with van der Waals surface area (Å²) in [5.74, 6) is 1.02. The van der Waals surface area contributed by atoms with Crippen LogP contribution in [0.2, 0.25) is 0 Å². The van der Waals surface area contributed by atoms with Crippen molar-refractivity contribution in [3.8, 4) is 5.75 Å². The third kappa shape index (κ3) is 3.22. The van der Waals surface area contributed by atoms with Crippen molar-refractivity contribution in [3.05, 3.63) is 24.3 Å². The van der Waals surface area contributed by atoms with Gasteiger partial charge in [0, 0.05) is 32.5 Å². The molecule has 6 nitrogen and oxygen atoms in total. The Labute approximate surface area is 155 Å². The van der Waals surface area contributed by atoms with Crippen molar-refractivity contribution < 1.29 is 17.9 Å². The third-order valence-electron chi connectivity index (χ3n) is 5.68. The highest BCUT2D eigenvalue weighted by Crippen LogP contribution is 2.39. The molecule has 1 amide bonds. The number of benzene rings is 1. The Balaban J connectivity index is 1.71. The van der Waals surface area contributed by atoms with Crippen molar-refractivity contribution in [2.24, 2.45) is 5.92 Å². The molecule has 0 radical (unpaired) electrons. The number of amides is 1. The maximum absolute atomic E-state index is 13.4. The minimum atomic E-state index is -3.60. The topological polar surface area (TPSA) is 66.9 Å². The molecular formula is C19H26N2O4S. The first-order chi connectivity index (χ1) is 12.5. The molecule has 1 saturated carbocycles. The normalized spacial score (nSPS) is 28.3. The number of hydrogen-bond donors (Lipinski definition) is 0. The minimum absolute atomic E-state index is 0.124. The van der Waals surface area contributed by atoms with Gasteiger partial charge in [-0.3, -0.25) is 4.79 Å². The van der Waals surface area contributed by atoms with Gasteiger partial charge >= 0.3 is 0 Å². The number of hydrogen-bond acceptors (Lipinski definition) is 4. The van der Waals surface area contributed by atoms with E-state index in [0.717, 1.165) is 12.8 Å². The molecule has 7 heteroatoms. The maximum atomic E-state index is 13.4. The van der Waals surface area contributed by atoms with Gasteiger partial charge in [-0.05, 0) is 37.3 Å². The fourth-order valence-electron chi connectivity index (χ4n) is 4.02. The molecule has 2 aliphatic heterocycles. The first-order valence-electron chi connectivity index (χ1n) is 9.56. The van der Waals surface area contributed by atoms with Crippen molar-refractivity contribution >= 4 is 15.9 Å². The van der Waals surface area contributed by atoms with Crippen LogP contribution in [0.25, 0.3) is 0 Å². The number of likely N-dealkylation sites (tertiary alicyclic amines) is 1. The van der Waals surface area contributed by atoms with E-state index in [1.165, 1.54) is 0 Å². The van der Waals surface area contributed by atoms with Gasteiger partial charge < -0.3 is 9.64 Å². The second-order valence-electron chi connectivity index (χ2n) is 7.50. The summed E-state index contributed by atoms with van der Waals surface area (Å²) in [4.78, 5) is 14.3. The zero-order valence-corrected chi connectivity index (χ0v) is 16.0. The van der Waals surface area contributed by atoms with Gasteiger partial charge in [-0.2, -0.15) is 4.31 Å². The van der Waals surface area contributed by atoms with E-state index < -0.39 is 10.0 Å². The van der Waals surface area contributed by atoms with E-state index in [9.17, 15) is 13.2 Å². The molecule has 2 atom stereocenters. The van der Waals surface area contributed by atoms with Crippen molar-refractivity contribution in [2.75, 3.05) is 19.6 Å². The molecule has 26 heavy (non-hydrogen) atoms. The van der Waals surface area contributed by atoms with Gasteiger partial charge in [0.2, 0.25) is 15.9 Å². The third-order valence-corrected chi connectivity index (χ3v) is 7.61. The predicted molar refractivity (Wildman–Crippen MR) is 97.4 cm³/mol. The Morgan fingerprint density at radius 1 is 1.15 bits per heavy atom. The highest BCUT2D eigenvalue weighted by atomic mass is 32.2. The summed E-state index contributed by atoms with van der Waals surface area (Å²) in [6.45, 7) is 3.63. The molecule has 3 aliphatic rings. The quantitative estimate of drug-likeness (QED) is 0.809. The molecular weight excluding hydrogens is 352 g/mol. The lowest BCUT2D eigenvalue weighted by Crippen LogP contribution is -2.48. The second kappa shape index (κ2) is 6.85. The van der Waals surface area contributed by atoms with Crippen molar-refractivity contribution in [1.82, 2.24) is 9.21 Å². The number of carbonyl (C=O) groups is 1. The molecule has 1 aliphatic carbocycles. The average molecular weight is 378 g/mol. The fraction of sp³-hybridized carbons (Fsp3) is 0.632. The SMILES string of the molecule is CCC(=O)N1CC[C@@H]2[C@@H](CC1)Oc1ccccc1S(=O)(=O)N2CC1CC1. The number of ether oxygens (including phenoxy) is 1. The van der Waals surface area contributed by atoms with Crippen LogP contribution in [0, 0.1) is 5.92 Å². The predicted octanol–water partition coefficient (Wildman–Crippen LogP) is 2.25. The lowest BCUT2D eigenvalue weighted by Gasteiger charge is -2.31. The van der Waals surface area contributed by atoms with E-state index in [2.05, 4.69) is 0 Å². The van der Waals surface area contributed by atoms with Crippen molar-refractivity contribution in [1.29, 1.82) is 0 Å². The van der Waals surface area contributed by atoms with Crippen LogP contribution in [-0.2, 0) is 14.8 Å². The number of para-hydroxylation sites is 1. The fourth-order valence-corrected chi connectivity index (χ4v) is 5.90. The molecule has 1 aromatic carbocycles. The molecule has 2 heterocycles. The van der Waals surface area contributed by atoms with Gasteiger partial charge in [-0.15, -0.1) is 0 Å². The number of nitrogens with zero attached hydrogens (tertiary/aromatic N) is 2. The summed E-state index contributed by atoms with van der Waals surface area (Å²) in [5, 5.41) is 0. The number of rotatable bonds is 3. The monoisotopic (exact) mass is 378 g/mol. The van der Waals surface area contributed by atoms with E-state index in [-0.39, 0.29) is 22.9 Å². The van der Waals surface area contributed by atoms with Crippen LogP contribution in [0.3, 0.4) is 0 Å². The van der Waals surface area contributed by atoms with E-state index in [1.807, 2.05) is 17.9 Å². The molecule has 4 rings (SSSR count). The number of fused-ring (bicyclic) bond motifs is 2. The number of carbonyl (C=O) groups excluding carboxylic acids is 1. The van der Waals surface area contributed by atoms with Crippen LogP contribution < -0.4 is 4.74 Å². The van der Waals surface area contributed by atoms with Crippen LogP contribution in [0.1, 0.15) is 39.0 Å². The Morgan fingerprint density at radius 3 is 2.62 bits per heavy atom. The Morgan fingerprint density at radius 2 is 1.88 bits per heavy atom. The van der Waals surface area contributed by atoms with E-state index >= 15 is 0 Å². The summed E-state index contributed by atoms with van der Waals surface area (Å²) in [6, 6.07) is 6.72. The van der Waals surface area contributed by atoms with Crippen LogP contribution in [0.4, 0.5) is 0 Å². The van der Waals surface area contributed by atoms with Crippen LogP contribution in [-0.4, -0.2) is 55.3 Å². The lowest BCUT2D eigenvalue weighted by molar-refractivity contribution is -0.130. The molecule has 1 saturated heterocycles. The largest absolute Gasteiger partial charge is 0.487 e. The van der Waals surface area contributed by atoms with Crippen LogP contribution in [0.15, 0.2) is 29.2 Å². The highest BCUT2D eigenvalue weighted by Gasteiger charge is 2.45. The smallest absolute Gasteiger partial charge is 0.247 e. The Bertz CT molecular complexity index is 790. The Hall–Kier alpha value is -1.60. The van der Waals surface area contributed by atoms with Crippen molar-refractivity contribution in [2.45, 2.75) is 56.1 Å². The Kier molecular flexibility index (Phi) is 4.69. The highest BCUT2D eigenvalue weighted by molar-refractivity contribution is 7.89. The summed E-state index contributed by atoms with van der Waals surface area (Å²) in [7, 11) is -3.60. The summed E-state index contributed by atoms with van der Waals surface area (Å²) >= 11 is 0. The van der Waals surface area contributed by atoms with Gasteiger partial charge in [0.25, 0.3) is 0 Å². The van der Waals surface area contributed by atoms with Crippen molar-refractivity contribution in [3.63, 3.8) is 0 Å². The van der Waals surface area contributed by atoms with E-state index in [0.29, 0.717) is 50.6 Å². The van der Waals surface area contributed by atoms with E-state index in [4.69, 9.17) is 4.74 Å². The molecule has 0 spiro atoms. The minimum Gasteiger partial charge on any atom is -0.487 e. The standard InChI is InChI=1S/C19H26N2O4S/c1-2-19(22)20-11-9-15-16(10-12-20)25-17-5-3-4-6-18(17)26(23,24)21(15)13-14-7-8-14/h3-6,14-16H,2,7-13H2,1H3/t15-,16-/m1/s1. The first kappa shape index (κ1) is 17.8. The van der Waals surface area contributed by atoms with Gasteiger partial charge in [0.05, 0.1) is 6.04 Å². The van der Waals surface area contributed by atoms with Gasteiger partial charge in [-0.1, -0.05) is 19.1 Å². The molecule has 1 aromatic rings. The molecule has 0 unspecified atom stereocenters. The van der Waals surface area contributed by atoms with Gasteiger partial charge in [-0.25, -0.2) is 8.42 Å². The van der Waals surface area contributed by atoms with Crippen LogP contribution >= 0.6 is 0 Å². The molecule has 0 bridgehead atoms.